The Labute approximate surface area is 108 Å². The molecule has 0 heterocycles. The third-order valence-corrected chi connectivity index (χ3v) is 3.48. The lowest BCUT2D eigenvalue weighted by atomic mass is 9.73. The van der Waals surface area contributed by atoms with E-state index in [1.165, 1.54) is 7.11 Å². The molecule has 0 saturated heterocycles. The molecule has 0 aliphatic heterocycles. The molecule has 1 atom stereocenters. The van der Waals surface area contributed by atoms with Crippen molar-refractivity contribution in [2.45, 2.75) is 32.8 Å². The molecule has 4 heteroatoms. The van der Waals surface area contributed by atoms with Gasteiger partial charge in [0.05, 0.1) is 12.7 Å². The molecule has 0 radical (unpaired) electrons. The SMILES string of the molecule is COc1cccc(CC(O)(CN)C(C)(C)C)c1F. The molecule has 0 amide bonds. The van der Waals surface area contributed by atoms with Crippen LogP contribution in [-0.2, 0) is 6.42 Å². The Morgan fingerprint density at radius 2 is 1.94 bits per heavy atom. The van der Waals surface area contributed by atoms with Gasteiger partial charge in [-0.3, -0.25) is 0 Å². The van der Waals surface area contributed by atoms with Crippen molar-refractivity contribution in [3.8, 4) is 5.75 Å². The Kier molecular flexibility index (Phi) is 4.35. The first-order chi connectivity index (χ1) is 8.25. The quantitative estimate of drug-likeness (QED) is 0.866. The third-order valence-electron chi connectivity index (χ3n) is 3.48. The predicted molar refractivity (Wildman–Crippen MR) is 70.1 cm³/mol. The zero-order valence-corrected chi connectivity index (χ0v) is 11.5. The van der Waals surface area contributed by atoms with Crippen LogP contribution in [0.4, 0.5) is 4.39 Å². The van der Waals surface area contributed by atoms with Crippen LogP contribution in [-0.4, -0.2) is 24.4 Å². The summed E-state index contributed by atoms with van der Waals surface area (Å²) in [4.78, 5) is 0. The minimum Gasteiger partial charge on any atom is -0.494 e. The van der Waals surface area contributed by atoms with Gasteiger partial charge in [-0.05, 0) is 17.0 Å². The number of nitrogens with two attached hydrogens (primary N) is 1. The minimum atomic E-state index is -1.15. The van der Waals surface area contributed by atoms with Crippen LogP contribution >= 0.6 is 0 Å². The lowest BCUT2D eigenvalue weighted by Crippen LogP contribution is -2.51. The van der Waals surface area contributed by atoms with Crippen LogP contribution in [0.2, 0.25) is 0 Å². The van der Waals surface area contributed by atoms with E-state index >= 15 is 0 Å². The molecule has 1 unspecified atom stereocenters. The lowest BCUT2D eigenvalue weighted by Gasteiger charge is -2.39. The van der Waals surface area contributed by atoms with Gasteiger partial charge in [-0.25, -0.2) is 4.39 Å². The molecule has 3 N–H and O–H groups in total. The summed E-state index contributed by atoms with van der Waals surface area (Å²) in [5.74, 6) is -0.253. The molecule has 0 saturated carbocycles. The van der Waals surface area contributed by atoms with E-state index in [4.69, 9.17) is 10.5 Å². The minimum absolute atomic E-state index is 0.0765. The molecule has 0 fully saturated rings. The van der Waals surface area contributed by atoms with Gasteiger partial charge >= 0.3 is 0 Å². The van der Waals surface area contributed by atoms with Crippen molar-refractivity contribution < 1.29 is 14.2 Å². The highest BCUT2D eigenvalue weighted by molar-refractivity contribution is 5.32. The van der Waals surface area contributed by atoms with Gasteiger partial charge in [0.2, 0.25) is 0 Å². The van der Waals surface area contributed by atoms with Crippen molar-refractivity contribution in [3.05, 3.63) is 29.6 Å². The average molecular weight is 255 g/mol. The second-order valence-electron chi connectivity index (χ2n) is 5.60. The molecule has 0 aliphatic rings. The first-order valence-corrected chi connectivity index (χ1v) is 5.99. The van der Waals surface area contributed by atoms with Crippen LogP contribution in [0.1, 0.15) is 26.3 Å². The van der Waals surface area contributed by atoms with E-state index in [1.807, 2.05) is 20.8 Å². The fraction of sp³-hybridized carbons (Fsp3) is 0.571. The molecule has 18 heavy (non-hydrogen) atoms. The summed E-state index contributed by atoms with van der Waals surface area (Å²) in [6.07, 6.45) is 0.163. The zero-order chi connectivity index (χ0) is 14.0. The van der Waals surface area contributed by atoms with Crippen LogP contribution in [0.5, 0.6) is 5.75 Å². The van der Waals surface area contributed by atoms with E-state index in [1.54, 1.807) is 18.2 Å². The van der Waals surface area contributed by atoms with E-state index in [9.17, 15) is 9.50 Å². The van der Waals surface area contributed by atoms with E-state index < -0.39 is 16.8 Å². The molecule has 0 aliphatic carbocycles. The summed E-state index contributed by atoms with van der Waals surface area (Å²) in [6, 6.07) is 4.90. The van der Waals surface area contributed by atoms with E-state index in [2.05, 4.69) is 0 Å². The van der Waals surface area contributed by atoms with E-state index in [-0.39, 0.29) is 18.7 Å². The van der Waals surface area contributed by atoms with Gasteiger partial charge in [0.25, 0.3) is 0 Å². The molecule has 0 bridgehead atoms. The molecule has 102 valence electrons. The van der Waals surface area contributed by atoms with Gasteiger partial charge in [0, 0.05) is 13.0 Å². The first kappa shape index (κ1) is 14.9. The molecular weight excluding hydrogens is 233 g/mol. The maximum absolute atomic E-state index is 14.1. The van der Waals surface area contributed by atoms with Crippen molar-refractivity contribution in [1.82, 2.24) is 0 Å². The molecule has 3 nitrogen and oxygen atoms in total. The highest BCUT2D eigenvalue weighted by Crippen LogP contribution is 2.34. The van der Waals surface area contributed by atoms with Crippen LogP contribution in [0, 0.1) is 11.2 Å². The maximum Gasteiger partial charge on any atom is 0.168 e. The zero-order valence-electron chi connectivity index (χ0n) is 11.5. The Hall–Kier alpha value is -1.13. The van der Waals surface area contributed by atoms with Crippen molar-refractivity contribution in [2.75, 3.05) is 13.7 Å². The van der Waals surface area contributed by atoms with Crippen LogP contribution in [0.3, 0.4) is 0 Å². The largest absolute Gasteiger partial charge is 0.494 e. The average Bonchev–Trinajstić information content (AvgIpc) is 2.30. The number of aliphatic hydroxyl groups is 1. The Balaban J connectivity index is 3.10. The molecule has 0 aromatic heterocycles. The Morgan fingerprint density at radius 3 is 2.39 bits per heavy atom. The molecule has 1 aromatic rings. The van der Waals surface area contributed by atoms with Gasteiger partial charge in [-0.2, -0.15) is 0 Å². The van der Waals surface area contributed by atoms with Crippen molar-refractivity contribution >= 4 is 0 Å². The second-order valence-corrected chi connectivity index (χ2v) is 5.60. The molecule has 1 rings (SSSR count). The summed E-state index contributed by atoms with van der Waals surface area (Å²) in [6.45, 7) is 5.74. The van der Waals surface area contributed by atoms with Gasteiger partial charge in [0.15, 0.2) is 11.6 Å². The maximum atomic E-state index is 14.1. The Morgan fingerprint density at radius 1 is 1.33 bits per heavy atom. The number of methoxy groups -OCH3 is 1. The number of ether oxygens (including phenoxy) is 1. The topological polar surface area (TPSA) is 55.5 Å². The number of hydrogen-bond acceptors (Lipinski definition) is 3. The fourth-order valence-corrected chi connectivity index (χ4v) is 1.81. The number of halogens is 1. The molecule has 0 spiro atoms. The monoisotopic (exact) mass is 255 g/mol. The van der Waals surface area contributed by atoms with Crippen LogP contribution < -0.4 is 10.5 Å². The first-order valence-electron chi connectivity index (χ1n) is 5.99. The highest BCUT2D eigenvalue weighted by atomic mass is 19.1. The van der Waals surface area contributed by atoms with Gasteiger partial charge < -0.3 is 15.6 Å². The van der Waals surface area contributed by atoms with Gasteiger partial charge in [0.1, 0.15) is 0 Å². The molecular formula is C14H22FNO2. The van der Waals surface area contributed by atoms with Gasteiger partial charge in [-0.1, -0.05) is 32.9 Å². The highest BCUT2D eigenvalue weighted by Gasteiger charge is 2.39. The van der Waals surface area contributed by atoms with E-state index in [0.29, 0.717) is 5.56 Å². The van der Waals surface area contributed by atoms with Crippen LogP contribution in [0.15, 0.2) is 18.2 Å². The fourth-order valence-electron chi connectivity index (χ4n) is 1.81. The summed E-state index contributed by atoms with van der Waals surface area (Å²) >= 11 is 0. The summed E-state index contributed by atoms with van der Waals surface area (Å²) in [5, 5.41) is 10.6. The van der Waals surface area contributed by atoms with E-state index in [0.717, 1.165) is 0 Å². The normalized spacial score (nSPS) is 15.3. The number of hydrogen-bond donors (Lipinski definition) is 2. The van der Waals surface area contributed by atoms with Crippen molar-refractivity contribution in [2.24, 2.45) is 11.1 Å². The smallest absolute Gasteiger partial charge is 0.168 e. The van der Waals surface area contributed by atoms with Crippen molar-refractivity contribution in [3.63, 3.8) is 0 Å². The summed E-state index contributed by atoms with van der Waals surface area (Å²) < 4.78 is 19.0. The van der Waals surface area contributed by atoms with Gasteiger partial charge in [-0.15, -0.1) is 0 Å². The predicted octanol–water partition coefficient (Wildman–Crippen LogP) is 2.11. The Bertz CT molecular complexity index is 415. The number of rotatable bonds is 4. The second kappa shape index (κ2) is 5.24. The van der Waals surface area contributed by atoms with Crippen molar-refractivity contribution in [1.29, 1.82) is 0 Å². The standard InChI is InChI=1S/C14H22FNO2/c1-13(2,3)14(17,9-16)8-10-6-5-7-11(18-4)12(10)15/h5-7,17H,8-9,16H2,1-4H3. The van der Waals surface area contributed by atoms with Crippen LogP contribution in [0.25, 0.3) is 0 Å². The number of benzene rings is 1. The molecule has 1 aromatic carbocycles. The lowest BCUT2D eigenvalue weighted by molar-refractivity contribution is -0.0496. The summed E-state index contributed by atoms with van der Waals surface area (Å²) in [5.41, 5.74) is 4.49. The summed E-state index contributed by atoms with van der Waals surface area (Å²) in [7, 11) is 1.42. The third kappa shape index (κ3) is 2.82.